The molecule has 0 radical (unpaired) electrons. The summed E-state index contributed by atoms with van der Waals surface area (Å²) in [6.45, 7) is 1.95. The van der Waals surface area contributed by atoms with Crippen molar-refractivity contribution in [1.82, 2.24) is 19.7 Å². The van der Waals surface area contributed by atoms with Crippen LogP contribution in [0.25, 0.3) is 5.69 Å². The predicted molar refractivity (Wildman–Crippen MR) is 92.6 cm³/mol. The summed E-state index contributed by atoms with van der Waals surface area (Å²) in [6.07, 6.45) is 3.15. The summed E-state index contributed by atoms with van der Waals surface area (Å²) < 4.78 is 15.4. The number of carbonyl (C=O) groups excluding carboxylic acids is 1. The molecule has 3 aromatic rings. The third-order valence-electron chi connectivity index (χ3n) is 4.33. The number of benzene rings is 2. The van der Waals surface area contributed by atoms with Crippen LogP contribution < -0.4 is 0 Å². The summed E-state index contributed by atoms with van der Waals surface area (Å²) in [5, 5.41) is 4.08. The van der Waals surface area contributed by atoms with Crippen molar-refractivity contribution in [2.45, 2.75) is 19.4 Å². The lowest BCUT2D eigenvalue weighted by Crippen LogP contribution is -2.31. The van der Waals surface area contributed by atoms with Crippen molar-refractivity contribution in [2.24, 2.45) is 0 Å². The van der Waals surface area contributed by atoms with E-state index in [2.05, 4.69) is 10.1 Å². The van der Waals surface area contributed by atoms with Gasteiger partial charge in [0.05, 0.1) is 18.2 Å². The molecule has 0 fully saturated rings. The van der Waals surface area contributed by atoms with Gasteiger partial charge in [-0.05, 0) is 36.2 Å². The molecule has 1 atom stereocenters. The van der Waals surface area contributed by atoms with Gasteiger partial charge in [-0.25, -0.2) is 14.1 Å². The molecule has 1 heterocycles. The molecule has 0 unspecified atom stereocenters. The summed E-state index contributed by atoms with van der Waals surface area (Å²) in [4.78, 5) is 18.0. The van der Waals surface area contributed by atoms with E-state index in [0.717, 1.165) is 11.3 Å². The number of nitrogens with zero attached hydrogens (tertiary/aromatic N) is 4. The number of halogens is 1. The molecule has 6 heteroatoms. The van der Waals surface area contributed by atoms with Crippen LogP contribution in [0.4, 0.5) is 4.39 Å². The Hall–Kier alpha value is -3.02. The van der Waals surface area contributed by atoms with Crippen LogP contribution in [-0.2, 0) is 11.2 Å². The molecular weight excluding hydrogens is 319 g/mol. The zero-order valence-electron chi connectivity index (χ0n) is 14.1. The lowest BCUT2D eigenvalue weighted by atomic mass is 10.1. The van der Waals surface area contributed by atoms with E-state index in [9.17, 15) is 9.18 Å². The lowest BCUT2D eigenvalue weighted by Gasteiger charge is -2.25. The highest BCUT2D eigenvalue weighted by Crippen LogP contribution is 2.21. The fourth-order valence-electron chi connectivity index (χ4n) is 2.62. The number of likely N-dealkylation sites (N-methyl/N-ethyl adjacent to an activating group) is 1. The molecule has 0 aliphatic carbocycles. The van der Waals surface area contributed by atoms with Gasteiger partial charge in [0.15, 0.2) is 0 Å². The third-order valence-corrected chi connectivity index (χ3v) is 4.33. The zero-order chi connectivity index (χ0) is 17.8. The van der Waals surface area contributed by atoms with Gasteiger partial charge in [0.2, 0.25) is 5.91 Å². The summed E-state index contributed by atoms with van der Waals surface area (Å²) in [7, 11) is 1.74. The van der Waals surface area contributed by atoms with Crippen molar-refractivity contribution >= 4 is 5.91 Å². The minimum Gasteiger partial charge on any atom is -0.339 e. The molecule has 0 N–H and O–H groups in total. The van der Waals surface area contributed by atoms with E-state index >= 15 is 0 Å². The quantitative estimate of drug-likeness (QED) is 0.718. The molecule has 2 aromatic carbocycles. The van der Waals surface area contributed by atoms with E-state index in [0.29, 0.717) is 5.56 Å². The molecule has 1 amide bonds. The summed E-state index contributed by atoms with van der Waals surface area (Å²) in [5.74, 6) is -0.480. The van der Waals surface area contributed by atoms with E-state index in [1.807, 2.05) is 31.2 Å². The number of amides is 1. The molecule has 0 aliphatic rings. The molecule has 3 rings (SSSR count). The number of hydrogen-bond acceptors (Lipinski definition) is 3. The number of carbonyl (C=O) groups is 1. The first-order valence-electron chi connectivity index (χ1n) is 8.00. The van der Waals surface area contributed by atoms with Crippen LogP contribution in [0.15, 0.2) is 61.2 Å². The van der Waals surface area contributed by atoms with E-state index in [4.69, 9.17) is 0 Å². The maximum Gasteiger partial charge on any atom is 0.227 e. The van der Waals surface area contributed by atoms with Crippen LogP contribution >= 0.6 is 0 Å². The maximum absolute atomic E-state index is 13.7. The SMILES string of the molecule is C[C@@H](c1ccc(-n2cncn2)cc1)N(C)C(=O)Cc1ccccc1F. The molecule has 1 aromatic heterocycles. The van der Waals surface area contributed by atoms with Crippen molar-refractivity contribution in [1.29, 1.82) is 0 Å². The van der Waals surface area contributed by atoms with Gasteiger partial charge in [0.1, 0.15) is 18.5 Å². The Bertz CT molecular complexity index is 846. The standard InChI is InChI=1S/C19H19FN4O/c1-14(15-7-9-17(10-8-15)24-13-21-12-22-24)23(2)19(25)11-16-5-3-4-6-18(16)20/h3-10,12-14H,11H2,1-2H3/t14-/m0/s1. The minimum absolute atomic E-state index is 0.0462. The summed E-state index contributed by atoms with van der Waals surface area (Å²) in [6, 6.07) is 14.0. The Morgan fingerprint density at radius 2 is 1.92 bits per heavy atom. The highest BCUT2D eigenvalue weighted by Gasteiger charge is 2.19. The first-order chi connectivity index (χ1) is 12.1. The summed E-state index contributed by atoms with van der Waals surface area (Å²) in [5.41, 5.74) is 2.30. The highest BCUT2D eigenvalue weighted by atomic mass is 19.1. The Kier molecular flexibility index (Phi) is 4.88. The number of rotatable bonds is 5. The monoisotopic (exact) mass is 338 g/mol. The molecule has 0 spiro atoms. The molecule has 5 nitrogen and oxygen atoms in total. The Labute approximate surface area is 145 Å². The van der Waals surface area contributed by atoms with Crippen molar-refractivity contribution in [2.75, 3.05) is 7.05 Å². The second kappa shape index (κ2) is 7.25. The van der Waals surface area contributed by atoms with Crippen molar-refractivity contribution in [3.05, 3.63) is 78.1 Å². The summed E-state index contributed by atoms with van der Waals surface area (Å²) >= 11 is 0. The van der Waals surface area contributed by atoms with Crippen LogP contribution in [0.3, 0.4) is 0 Å². The average Bonchev–Trinajstić information content (AvgIpc) is 3.17. The fourth-order valence-corrected chi connectivity index (χ4v) is 2.62. The van der Waals surface area contributed by atoms with Gasteiger partial charge in [0.25, 0.3) is 0 Å². The lowest BCUT2D eigenvalue weighted by molar-refractivity contribution is -0.131. The van der Waals surface area contributed by atoms with E-state index in [1.165, 1.54) is 12.4 Å². The molecule has 0 saturated heterocycles. The van der Waals surface area contributed by atoms with Crippen LogP contribution in [0.5, 0.6) is 0 Å². The second-order valence-corrected chi connectivity index (χ2v) is 5.88. The topological polar surface area (TPSA) is 51.0 Å². The largest absolute Gasteiger partial charge is 0.339 e. The molecule has 25 heavy (non-hydrogen) atoms. The average molecular weight is 338 g/mol. The van der Waals surface area contributed by atoms with Gasteiger partial charge in [-0.2, -0.15) is 5.10 Å². The molecule has 0 bridgehead atoms. The van der Waals surface area contributed by atoms with Gasteiger partial charge in [-0.3, -0.25) is 4.79 Å². The maximum atomic E-state index is 13.7. The normalized spacial score (nSPS) is 12.0. The fraction of sp³-hybridized carbons (Fsp3) is 0.211. The van der Waals surface area contributed by atoms with E-state index in [1.54, 1.807) is 41.2 Å². The smallest absolute Gasteiger partial charge is 0.227 e. The number of hydrogen-bond donors (Lipinski definition) is 0. The van der Waals surface area contributed by atoms with Gasteiger partial charge < -0.3 is 4.90 Å². The van der Waals surface area contributed by atoms with Crippen LogP contribution in [0, 0.1) is 5.82 Å². The molecular formula is C19H19FN4O. The first-order valence-corrected chi connectivity index (χ1v) is 8.00. The van der Waals surface area contributed by atoms with Crippen LogP contribution in [0.1, 0.15) is 24.1 Å². The van der Waals surface area contributed by atoms with Gasteiger partial charge >= 0.3 is 0 Å². The third kappa shape index (κ3) is 3.74. The first kappa shape index (κ1) is 16.8. The minimum atomic E-state index is -0.353. The van der Waals surface area contributed by atoms with Gasteiger partial charge in [0, 0.05) is 7.05 Å². The Morgan fingerprint density at radius 3 is 2.56 bits per heavy atom. The Morgan fingerprint density at radius 1 is 1.20 bits per heavy atom. The molecule has 0 saturated carbocycles. The van der Waals surface area contributed by atoms with Gasteiger partial charge in [-0.15, -0.1) is 0 Å². The van der Waals surface area contributed by atoms with E-state index in [-0.39, 0.29) is 24.2 Å². The predicted octanol–water partition coefficient (Wildman–Crippen LogP) is 3.17. The molecule has 0 aliphatic heterocycles. The second-order valence-electron chi connectivity index (χ2n) is 5.88. The van der Waals surface area contributed by atoms with Gasteiger partial charge in [-0.1, -0.05) is 30.3 Å². The number of aromatic nitrogens is 3. The van der Waals surface area contributed by atoms with Crippen LogP contribution in [0.2, 0.25) is 0 Å². The van der Waals surface area contributed by atoms with Crippen molar-refractivity contribution in [3.8, 4) is 5.69 Å². The van der Waals surface area contributed by atoms with Crippen molar-refractivity contribution in [3.63, 3.8) is 0 Å². The molecule has 128 valence electrons. The Balaban J connectivity index is 1.70. The van der Waals surface area contributed by atoms with E-state index < -0.39 is 0 Å². The van der Waals surface area contributed by atoms with Crippen molar-refractivity contribution < 1.29 is 9.18 Å². The highest BCUT2D eigenvalue weighted by molar-refractivity contribution is 5.79. The zero-order valence-corrected chi connectivity index (χ0v) is 14.1. The van der Waals surface area contributed by atoms with Crippen LogP contribution in [-0.4, -0.2) is 32.6 Å².